The molecule has 0 fully saturated rings. The van der Waals surface area contributed by atoms with Crippen LogP contribution >= 0.6 is 11.6 Å². The zero-order valence-electron chi connectivity index (χ0n) is 11.2. The molecule has 0 aliphatic rings. The molecule has 1 nitrogen and oxygen atoms in total. The Kier molecular flexibility index (Phi) is 3.71. The lowest BCUT2D eigenvalue weighted by atomic mass is 10.1. The molecule has 22 heavy (non-hydrogen) atoms. The Bertz CT molecular complexity index is 791. The second-order valence-corrected chi connectivity index (χ2v) is 5.14. The zero-order chi connectivity index (χ0) is 15.7. The van der Waals surface area contributed by atoms with Gasteiger partial charge in [-0.3, -0.25) is 0 Å². The third-order valence-electron chi connectivity index (χ3n) is 3.21. The first-order valence-corrected chi connectivity index (χ1v) is 6.86. The van der Waals surface area contributed by atoms with Crippen molar-refractivity contribution in [2.24, 2.45) is 0 Å². The zero-order valence-corrected chi connectivity index (χ0v) is 12.0. The molecule has 3 aromatic rings. The van der Waals surface area contributed by atoms with Gasteiger partial charge in [-0.2, -0.15) is 13.2 Å². The largest absolute Gasteiger partial charge is 0.431 e. The summed E-state index contributed by atoms with van der Waals surface area (Å²) in [6.45, 7) is 0. The van der Waals surface area contributed by atoms with E-state index in [1.165, 1.54) is 6.07 Å². The summed E-state index contributed by atoms with van der Waals surface area (Å²) in [7, 11) is 0. The molecule has 0 spiro atoms. The first-order chi connectivity index (χ1) is 10.5. The van der Waals surface area contributed by atoms with Crippen LogP contribution in [0.1, 0.15) is 5.69 Å². The van der Waals surface area contributed by atoms with Crippen LogP contribution in [-0.2, 0) is 6.18 Å². The van der Waals surface area contributed by atoms with Gasteiger partial charge in [-0.25, -0.2) is 0 Å². The predicted octanol–water partition coefficient (Wildman–Crippen LogP) is 5.62. The molecule has 111 valence electrons. The van der Waals surface area contributed by atoms with Crippen LogP contribution in [-0.4, -0.2) is 4.57 Å². The molecule has 2 aromatic carbocycles. The summed E-state index contributed by atoms with van der Waals surface area (Å²) in [6, 6.07) is 18.8. The molecule has 0 N–H and O–H groups in total. The van der Waals surface area contributed by atoms with E-state index in [-0.39, 0.29) is 0 Å². The average molecular weight is 321 g/mol. The lowest BCUT2D eigenvalue weighted by Gasteiger charge is -2.16. The summed E-state index contributed by atoms with van der Waals surface area (Å²) >= 11 is 5.92. The van der Waals surface area contributed by atoms with Crippen molar-refractivity contribution in [2.75, 3.05) is 0 Å². The highest BCUT2D eigenvalue weighted by Crippen LogP contribution is 2.36. The summed E-state index contributed by atoms with van der Waals surface area (Å²) in [5.41, 5.74) is 0.557. The maximum Gasteiger partial charge on any atom is 0.431 e. The Morgan fingerprint density at radius 1 is 0.955 bits per heavy atom. The molecule has 1 aromatic heterocycles. The molecule has 0 atom stereocenters. The van der Waals surface area contributed by atoms with Crippen LogP contribution in [0.25, 0.3) is 16.9 Å². The van der Waals surface area contributed by atoms with Crippen molar-refractivity contribution < 1.29 is 13.2 Å². The van der Waals surface area contributed by atoms with Gasteiger partial charge in [-0.05, 0) is 29.8 Å². The average Bonchev–Trinajstić information content (AvgIpc) is 2.93. The normalized spacial score (nSPS) is 11.6. The standard InChI is InChI=1S/C17H10ClF3N/c18-13-7-4-8-14(11-13)22-15(12-5-2-1-3-6-12)9-10-16(22)17(19,20)21/h1-8,10-11H. The maximum absolute atomic E-state index is 13.3. The van der Waals surface area contributed by atoms with Crippen molar-refractivity contribution in [3.63, 3.8) is 0 Å². The SMILES string of the molecule is FC(F)(F)c1c[c]c(-c2ccccc2)n1-c1cccc(Cl)c1. The summed E-state index contributed by atoms with van der Waals surface area (Å²) < 4.78 is 41.0. The highest BCUT2D eigenvalue weighted by atomic mass is 35.5. The van der Waals surface area contributed by atoms with Crippen molar-refractivity contribution in [1.82, 2.24) is 4.57 Å². The maximum atomic E-state index is 13.3. The number of nitrogens with zero attached hydrogens (tertiary/aromatic N) is 1. The number of benzene rings is 2. The van der Waals surface area contributed by atoms with E-state index in [1.54, 1.807) is 48.5 Å². The van der Waals surface area contributed by atoms with E-state index >= 15 is 0 Å². The van der Waals surface area contributed by atoms with Gasteiger partial charge in [0.2, 0.25) is 0 Å². The van der Waals surface area contributed by atoms with Gasteiger partial charge in [-0.15, -0.1) is 0 Å². The number of aromatic nitrogens is 1. The van der Waals surface area contributed by atoms with E-state index in [0.717, 1.165) is 10.6 Å². The van der Waals surface area contributed by atoms with Gasteiger partial charge in [0.1, 0.15) is 5.69 Å². The lowest BCUT2D eigenvalue weighted by molar-refractivity contribution is -0.142. The second-order valence-electron chi connectivity index (χ2n) is 4.70. The summed E-state index contributed by atoms with van der Waals surface area (Å²) in [5.74, 6) is 0. The number of rotatable bonds is 2. The van der Waals surface area contributed by atoms with Crippen LogP contribution in [0, 0.1) is 6.07 Å². The molecule has 5 heteroatoms. The smallest absolute Gasteiger partial charge is 0.305 e. The van der Waals surface area contributed by atoms with Crippen LogP contribution < -0.4 is 0 Å². The monoisotopic (exact) mass is 320 g/mol. The molecule has 0 saturated carbocycles. The molecule has 0 saturated heterocycles. The number of halogens is 4. The fourth-order valence-corrected chi connectivity index (χ4v) is 2.47. The van der Waals surface area contributed by atoms with E-state index in [9.17, 15) is 13.2 Å². The lowest BCUT2D eigenvalue weighted by Crippen LogP contribution is -2.13. The fourth-order valence-electron chi connectivity index (χ4n) is 2.29. The first kappa shape index (κ1) is 14.7. The van der Waals surface area contributed by atoms with Crippen LogP contribution in [0.5, 0.6) is 0 Å². The van der Waals surface area contributed by atoms with Gasteiger partial charge in [0.25, 0.3) is 0 Å². The van der Waals surface area contributed by atoms with Crippen LogP contribution in [0.15, 0.2) is 60.7 Å². The molecule has 1 heterocycles. The van der Waals surface area contributed by atoms with Crippen molar-refractivity contribution in [3.05, 3.63) is 77.4 Å². The van der Waals surface area contributed by atoms with Crippen molar-refractivity contribution in [1.29, 1.82) is 0 Å². The third-order valence-corrected chi connectivity index (χ3v) is 3.45. The van der Waals surface area contributed by atoms with E-state index in [2.05, 4.69) is 6.07 Å². The van der Waals surface area contributed by atoms with Crippen LogP contribution in [0.3, 0.4) is 0 Å². The highest BCUT2D eigenvalue weighted by molar-refractivity contribution is 6.30. The molecule has 1 radical (unpaired) electrons. The minimum Gasteiger partial charge on any atom is -0.305 e. The van der Waals surface area contributed by atoms with Gasteiger partial charge < -0.3 is 4.57 Å². The quantitative estimate of drug-likeness (QED) is 0.578. The van der Waals surface area contributed by atoms with Gasteiger partial charge in [0.05, 0.1) is 5.69 Å². The van der Waals surface area contributed by atoms with Gasteiger partial charge in [0.15, 0.2) is 0 Å². The molecule has 0 amide bonds. The van der Waals surface area contributed by atoms with Crippen molar-refractivity contribution in [3.8, 4) is 16.9 Å². The minimum atomic E-state index is -4.48. The van der Waals surface area contributed by atoms with Gasteiger partial charge in [-0.1, -0.05) is 48.0 Å². The Morgan fingerprint density at radius 2 is 1.68 bits per heavy atom. The van der Waals surface area contributed by atoms with E-state index < -0.39 is 11.9 Å². The summed E-state index contributed by atoms with van der Waals surface area (Å²) in [4.78, 5) is 0. The molecular formula is C17H10ClF3N. The van der Waals surface area contributed by atoms with E-state index in [1.807, 2.05) is 0 Å². The highest BCUT2D eigenvalue weighted by Gasteiger charge is 2.35. The Balaban J connectivity index is 2.27. The number of hydrogen-bond acceptors (Lipinski definition) is 0. The molecule has 3 rings (SSSR count). The Morgan fingerprint density at radius 3 is 2.32 bits per heavy atom. The van der Waals surface area contributed by atoms with Crippen LogP contribution in [0.2, 0.25) is 5.02 Å². The fraction of sp³-hybridized carbons (Fsp3) is 0.0588. The minimum absolute atomic E-state index is 0.343. The molecular weight excluding hydrogens is 311 g/mol. The first-order valence-electron chi connectivity index (χ1n) is 6.49. The van der Waals surface area contributed by atoms with Gasteiger partial charge in [0, 0.05) is 16.8 Å². The van der Waals surface area contributed by atoms with Gasteiger partial charge >= 0.3 is 6.18 Å². The molecule has 0 bridgehead atoms. The van der Waals surface area contributed by atoms with E-state index in [4.69, 9.17) is 11.6 Å². The molecule has 0 aliphatic heterocycles. The van der Waals surface area contributed by atoms with Crippen molar-refractivity contribution >= 4 is 11.6 Å². The Hall–Kier alpha value is -2.20. The van der Waals surface area contributed by atoms with Crippen LogP contribution in [0.4, 0.5) is 13.2 Å². The molecule has 0 aliphatic carbocycles. The second kappa shape index (κ2) is 5.54. The number of hydrogen-bond donors (Lipinski definition) is 0. The topological polar surface area (TPSA) is 4.93 Å². The summed E-state index contributed by atoms with van der Waals surface area (Å²) in [5, 5.41) is 0.373. The predicted molar refractivity (Wildman–Crippen MR) is 80.1 cm³/mol. The number of alkyl halides is 3. The third kappa shape index (κ3) is 2.74. The molecule has 0 unspecified atom stereocenters. The summed E-state index contributed by atoms with van der Waals surface area (Å²) in [6.07, 6.45) is -4.48. The van der Waals surface area contributed by atoms with Crippen molar-refractivity contribution in [2.45, 2.75) is 6.18 Å². The Labute approximate surface area is 130 Å². The van der Waals surface area contributed by atoms with E-state index in [0.29, 0.717) is 22.0 Å².